The van der Waals surface area contributed by atoms with Gasteiger partial charge in [0.05, 0.1) is 6.54 Å². The molecule has 1 heterocycles. The summed E-state index contributed by atoms with van der Waals surface area (Å²) in [7, 11) is 0. The Kier molecular flexibility index (Phi) is 4.67. The van der Waals surface area contributed by atoms with E-state index in [2.05, 4.69) is 52.7 Å². The maximum absolute atomic E-state index is 12.9. The Morgan fingerprint density at radius 2 is 1.81 bits per heavy atom. The number of fused-ring (bicyclic) bond motifs is 1. The Morgan fingerprint density at radius 3 is 2.65 bits per heavy atom. The molecule has 4 heteroatoms. The number of likely N-dealkylation sites (tertiary alicyclic amines) is 1. The summed E-state index contributed by atoms with van der Waals surface area (Å²) >= 11 is 0. The molecule has 0 saturated carbocycles. The van der Waals surface area contributed by atoms with E-state index in [-0.39, 0.29) is 11.7 Å². The summed E-state index contributed by atoms with van der Waals surface area (Å²) in [5.41, 5.74) is 1.99. The molecule has 0 radical (unpaired) electrons. The van der Waals surface area contributed by atoms with Crippen LogP contribution in [0.15, 0.2) is 66.7 Å². The first-order chi connectivity index (χ1) is 12.7. The van der Waals surface area contributed by atoms with Gasteiger partial charge in [0.1, 0.15) is 5.82 Å². The molecule has 0 bridgehead atoms. The maximum atomic E-state index is 12.9. The van der Waals surface area contributed by atoms with Crippen molar-refractivity contribution in [3.63, 3.8) is 0 Å². The number of halogens is 1. The highest BCUT2D eigenvalue weighted by molar-refractivity contribution is 5.92. The van der Waals surface area contributed by atoms with Gasteiger partial charge in [-0.15, -0.1) is 0 Å². The molecule has 3 nitrogen and oxygen atoms in total. The lowest BCUT2D eigenvalue weighted by atomic mass is 9.93. The number of nitrogens with zero attached hydrogens (tertiary/aromatic N) is 1. The molecule has 0 aliphatic carbocycles. The molecule has 1 fully saturated rings. The number of hydrogen-bond acceptors (Lipinski definition) is 2. The fourth-order valence-electron chi connectivity index (χ4n) is 3.77. The number of nitrogens with one attached hydrogen (secondary N) is 1. The second kappa shape index (κ2) is 7.26. The van der Waals surface area contributed by atoms with E-state index >= 15 is 0 Å². The van der Waals surface area contributed by atoms with Crippen molar-refractivity contribution in [1.29, 1.82) is 0 Å². The van der Waals surface area contributed by atoms with E-state index in [1.54, 1.807) is 12.1 Å². The van der Waals surface area contributed by atoms with Crippen LogP contribution in [0.5, 0.6) is 0 Å². The Balaban J connectivity index is 1.40. The normalized spacial score (nSPS) is 17.5. The first-order valence-electron chi connectivity index (χ1n) is 8.94. The van der Waals surface area contributed by atoms with Crippen LogP contribution in [0.1, 0.15) is 17.9 Å². The molecular weight excluding hydrogens is 327 g/mol. The number of benzene rings is 3. The summed E-state index contributed by atoms with van der Waals surface area (Å²) in [5, 5.41) is 5.40. The van der Waals surface area contributed by atoms with E-state index in [1.165, 1.54) is 28.5 Å². The quantitative estimate of drug-likeness (QED) is 0.758. The number of anilines is 1. The molecule has 4 rings (SSSR count). The van der Waals surface area contributed by atoms with E-state index in [1.807, 2.05) is 0 Å². The van der Waals surface area contributed by atoms with Crippen LogP contribution in [0.4, 0.5) is 10.1 Å². The maximum Gasteiger partial charge on any atom is 0.238 e. The highest BCUT2D eigenvalue weighted by atomic mass is 19.1. The number of amides is 1. The molecule has 0 spiro atoms. The summed E-state index contributed by atoms with van der Waals surface area (Å²) in [6.07, 6.45) is 1.05. The molecule has 1 N–H and O–H groups in total. The zero-order valence-electron chi connectivity index (χ0n) is 14.5. The lowest BCUT2D eigenvalue weighted by Crippen LogP contribution is -2.31. The van der Waals surface area contributed by atoms with Crippen LogP contribution in [0.25, 0.3) is 10.8 Å². The molecule has 132 valence electrons. The van der Waals surface area contributed by atoms with Gasteiger partial charge in [0.25, 0.3) is 0 Å². The Morgan fingerprint density at radius 1 is 1.04 bits per heavy atom. The molecule has 1 amide bonds. The third kappa shape index (κ3) is 3.60. The van der Waals surface area contributed by atoms with Crippen molar-refractivity contribution in [3.8, 4) is 0 Å². The number of carbonyl (C=O) groups excluding carboxylic acids is 1. The van der Waals surface area contributed by atoms with Gasteiger partial charge in [0.15, 0.2) is 0 Å². The first-order valence-corrected chi connectivity index (χ1v) is 8.94. The predicted octanol–water partition coefficient (Wildman–Crippen LogP) is 4.41. The summed E-state index contributed by atoms with van der Waals surface area (Å²) in [6, 6.07) is 20.8. The van der Waals surface area contributed by atoms with Gasteiger partial charge in [-0.3, -0.25) is 9.69 Å². The molecule has 1 saturated heterocycles. The highest BCUT2D eigenvalue weighted by Gasteiger charge is 2.26. The van der Waals surface area contributed by atoms with Gasteiger partial charge in [-0.2, -0.15) is 0 Å². The fraction of sp³-hybridized carbons (Fsp3) is 0.227. The number of hydrogen-bond donors (Lipinski definition) is 1. The van der Waals surface area contributed by atoms with Crippen LogP contribution in [0.3, 0.4) is 0 Å². The second-order valence-electron chi connectivity index (χ2n) is 6.84. The van der Waals surface area contributed by atoms with Gasteiger partial charge in [-0.25, -0.2) is 4.39 Å². The van der Waals surface area contributed by atoms with E-state index in [0.29, 0.717) is 18.2 Å². The van der Waals surface area contributed by atoms with Gasteiger partial charge < -0.3 is 5.32 Å². The van der Waals surface area contributed by atoms with Gasteiger partial charge in [0.2, 0.25) is 5.91 Å². The average molecular weight is 348 g/mol. The molecule has 26 heavy (non-hydrogen) atoms. The van der Waals surface area contributed by atoms with E-state index in [0.717, 1.165) is 19.5 Å². The zero-order valence-corrected chi connectivity index (χ0v) is 14.5. The van der Waals surface area contributed by atoms with Crippen molar-refractivity contribution >= 4 is 22.4 Å². The fourth-order valence-corrected chi connectivity index (χ4v) is 3.77. The van der Waals surface area contributed by atoms with Crippen molar-refractivity contribution in [1.82, 2.24) is 4.90 Å². The third-order valence-corrected chi connectivity index (χ3v) is 5.03. The minimum absolute atomic E-state index is 0.0600. The SMILES string of the molecule is O=C(CN1CCC(c2cccc3ccccc23)C1)Nc1ccc(F)cc1. The van der Waals surface area contributed by atoms with Crippen molar-refractivity contribution < 1.29 is 9.18 Å². The smallest absolute Gasteiger partial charge is 0.238 e. The molecule has 1 unspecified atom stereocenters. The minimum Gasteiger partial charge on any atom is -0.325 e. The van der Waals surface area contributed by atoms with Crippen molar-refractivity contribution in [2.45, 2.75) is 12.3 Å². The topological polar surface area (TPSA) is 32.3 Å². The van der Waals surface area contributed by atoms with Gasteiger partial charge in [-0.05, 0) is 59.5 Å². The molecule has 1 aliphatic rings. The van der Waals surface area contributed by atoms with Crippen molar-refractivity contribution in [2.24, 2.45) is 0 Å². The summed E-state index contributed by atoms with van der Waals surface area (Å²) < 4.78 is 12.9. The zero-order chi connectivity index (χ0) is 17.9. The second-order valence-corrected chi connectivity index (χ2v) is 6.84. The number of rotatable bonds is 4. The van der Waals surface area contributed by atoms with Crippen molar-refractivity contribution in [3.05, 3.63) is 78.1 Å². The van der Waals surface area contributed by atoms with Crippen LogP contribution in [0.2, 0.25) is 0 Å². The highest BCUT2D eigenvalue weighted by Crippen LogP contribution is 2.32. The molecule has 3 aromatic rings. The largest absolute Gasteiger partial charge is 0.325 e. The van der Waals surface area contributed by atoms with Crippen LogP contribution in [0, 0.1) is 5.82 Å². The number of carbonyl (C=O) groups is 1. The Bertz CT molecular complexity index is 918. The van der Waals surface area contributed by atoms with E-state index in [4.69, 9.17) is 0 Å². The Labute approximate surface area is 152 Å². The molecule has 1 atom stereocenters. The minimum atomic E-state index is -0.305. The molecule has 3 aromatic carbocycles. The summed E-state index contributed by atoms with van der Waals surface area (Å²) in [4.78, 5) is 14.4. The molecule has 1 aliphatic heterocycles. The average Bonchev–Trinajstić information content (AvgIpc) is 3.11. The van der Waals surface area contributed by atoms with Crippen LogP contribution in [-0.2, 0) is 4.79 Å². The third-order valence-electron chi connectivity index (χ3n) is 5.03. The van der Waals surface area contributed by atoms with Crippen molar-refractivity contribution in [2.75, 3.05) is 25.0 Å². The monoisotopic (exact) mass is 348 g/mol. The lowest BCUT2D eigenvalue weighted by molar-refractivity contribution is -0.117. The Hall–Kier alpha value is -2.72. The summed E-state index contributed by atoms with van der Waals surface area (Å²) in [6.45, 7) is 2.15. The van der Waals surface area contributed by atoms with Gasteiger partial charge in [0, 0.05) is 12.2 Å². The van der Waals surface area contributed by atoms with E-state index < -0.39 is 0 Å². The van der Waals surface area contributed by atoms with Crippen LogP contribution >= 0.6 is 0 Å². The van der Waals surface area contributed by atoms with Crippen LogP contribution in [-0.4, -0.2) is 30.4 Å². The predicted molar refractivity (Wildman–Crippen MR) is 103 cm³/mol. The summed E-state index contributed by atoms with van der Waals surface area (Å²) in [5.74, 6) is 0.0790. The van der Waals surface area contributed by atoms with Crippen LogP contribution < -0.4 is 5.32 Å². The van der Waals surface area contributed by atoms with Gasteiger partial charge in [-0.1, -0.05) is 42.5 Å². The lowest BCUT2D eigenvalue weighted by Gasteiger charge is -2.17. The van der Waals surface area contributed by atoms with E-state index in [9.17, 15) is 9.18 Å². The first kappa shape index (κ1) is 16.7. The standard InChI is InChI=1S/C22H21FN2O/c23-18-8-10-19(11-9-18)24-22(26)15-25-13-12-17(14-25)21-7-3-5-16-4-1-2-6-20(16)21/h1-11,17H,12-15H2,(H,24,26). The molecular formula is C22H21FN2O. The van der Waals surface area contributed by atoms with Gasteiger partial charge >= 0.3 is 0 Å². The molecule has 0 aromatic heterocycles.